The van der Waals surface area contributed by atoms with Crippen molar-refractivity contribution in [3.8, 4) is 0 Å². The fourth-order valence-corrected chi connectivity index (χ4v) is 1.31. The zero-order chi connectivity index (χ0) is 9.26. The van der Waals surface area contributed by atoms with Crippen LogP contribution in [0.2, 0.25) is 0 Å². The maximum absolute atomic E-state index is 11.3. The highest BCUT2D eigenvalue weighted by Crippen LogP contribution is 2.09. The summed E-state index contributed by atoms with van der Waals surface area (Å²) in [7, 11) is 0. The maximum Gasteiger partial charge on any atom is 0.429 e. The van der Waals surface area contributed by atoms with Gasteiger partial charge < -0.3 is 10.5 Å². The van der Waals surface area contributed by atoms with Gasteiger partial charge in [-0.1, -0.05) is 0 Å². The summed E-state index contributed by atoms with van der Waals surface area (Å²) in [6, 6.07) is 3.70. The van der Waals surface area contributed by atoms with Crippen LogP contribution in [0.1, 0.15) is 0 Å². The SMILES string of the molecule is NC[C@@H]1CN(n2cccc2)C(=O)O1. The molecular weight excluding hydrogens is 170 g/mol. The van der Waals surface area contributed by atoms with E-state index in [4.69, 9.17) is 10.5 Å². The average Bonchev–Trinajstić information content (AvgIpc) is 2.72. The van der Waals surface area contributed by atoms with Crippen LogP contribution in [-0.2, 0) is 4.74 Å². The number of ether oxygens (including phenoxy) is 1. The number of hydrogen-bond donors (Lipinski definition) is 1. The number of cyclic esters (lactones) is 1. The standard InChI is InChI=1S/C8H11N3O2/c9-5-7-6-11(8(12)13-7)10-3-1-2-4-10/h1-4,7H,5-6,9H2/t7-/m1/s1. The Morgan fingerprint density at radius 1 is 1.54 bits per heavy atom. The Labute approximate surface area is 75.6 Å². The van der Waals surface area contributed by atoms with Crippen molar-refractivity contribution in [1.29, 1.82) is 0 Å². The smallest absolute Gasteiger partial charge is 0.429 e. The third kappa shape index (κ3) is 1.38. The molecule has 5 heteroatoms. The summed E-state index contributed by atoms with van der Waals surface area (Å²) in [5.74, 6) is 0. The second-order valence-corrected chi connectivity index (χ2v) is 2.89. The summed E-state index contributed by atoms with van der Waals surface area (Å²) in [6.45, 7) is 0.882. The van der Waals surface area contributed by atoms with Gasteiger partial charge in [-0.25, -0.2) is 9.80 Å². The predicted molar refractivity (Wildman–Crippen MR) is 46.8 cm³/mol. The Hall–Kier alpha value is -1.49. The zero-order valence-electron chi connectivity index (χ0n) is 7.09. The molecule has 0 aliphatic carbocycles. The molecule has 1 aliphatic rings. The number of carbonyl (C=O) groups excluding carboxylic acids is 1. The second kappa shape index (κ2) is 3.10. The molecule has 0 bridgehead atoms. The first-order valence-electron chi connectivity index (χ1n) is 4.12. The summed E-state index contributed by atoms with van der Waals surface area (Å²) >= 11 is 0. The van der Waals surface area contributed by atoms with E-state index in [9.17, 15) is 4.79 Å². The zero-order valence-corrected chi connectivity index (χ0v) is 7.09. The van der Waals surface area contributed by atoms with Crippen molar-refractivity contribution in [3.05, 3.63) is 24.5 Å². The lowest BCUT2D eigenvalue weighted by molar-refractivity contribution is 0.144. The van der Waals surface area contributed by atoms with Crippen LogP contribution >= 0.6 is 0 Å². The third-order valence-electron chi connectivity index (χ3n) is 1.99. The van der Waals surface area contributed by atoms with Gasteiger partial charge >= 0.3 is 6.09 Å². The molecule has 0 spiro atoms. The lowest BCUT2D eigenvalue weighted by Gasteiger charge is -2.13. The molecule has 1 fully saturated rings. The fraction of sp³-hybridized carbons (Fsp3) is 0.375. The van der Waals surface area contributed by atoms with Crippen LogP contribution in [-0.4, -0.2) is 30.0 Å². The third-order valence-corrected chi connectivity index (χ3v) is 1.99. The van der Waals surface area contributed by atoms with E-state index >= 15 is 0 Å². The van der Waals surface area contributed by atoms with Crippen molar-refractivity contribution in [3.63, 3.8) is 0 Å². The first-order chi connectivity index (χ1) is 6.31. The minimum atomic E-state index is -0.341. The number of nitrogens with two attached hydrogens (primary N) is 1. The molecule has 1 aromatic heterocycles. The predicted octanol–water partition coefficient (Wildman–Crippen LogP) is -0.0964. The van der Waals surface area contributed by atoms with Gasteiger partial charge in [-0.3, -0.25) is 4.68 Å². The molecule has 13 heavy (non-hydrogen) atoms. The molecule has 1 aromatic rings. The first kappa shape index (κ1) is 8.12. The minimum Gasteiger partial charge on any atom is -0.442 e. The van der Waals surface area contributed by atoms with Gasteiger partial charge in [0.25, 0.3) is 0 Å². The summed E-state index contributed by atoms with van der Waals surface area (Å²) in [6.07, 6.45) is 3.06. The Balaban J connectivity index is 2.14. The lowest BCUT2D eigenvalue weighted by Crippen LogP contribution is -2.35. The van der Waals surface area contributed by atoms with Crippen LogP contribution in [0.5, 0.6) is 0 Å². The van der Waals surface area contributed by atoms with E-state index in [1.807, 2.05) is 12.1 Å². The Morgan fingerprint density at radius 2 is 2.23 bits per heavy atom. The number of amides is 1. The number of rotatable bonds is 2. The number of aromatic nitrogens is 1. The van der Waals surface area contributed by atoms with Crippen molar-refractivity contribution in [2.24, 2.45) is 5.73 Å². The van der Waals surface area contributed by atoms with Crippen LogP contribution in [0.25, 0.3) is 0 Å². The van der Waals surface area contributed by atoms with Gasteiger partial charge in [0.15, 0.2) is 0 Å². The van der Waals surface area contributed by atoms with Crippen molar-refractivity contribution < 1.29 is 9.53 Å². The van der Waals surface area contributed by atoms with Crippen LogP contribution < -0.4 is 10.7 Å². The number of hydrogen-bond acceptors (Lipinski definition) is 3. The van der Waals surface area contributed by atoms with E-state index in [1.54, 1.807) is 17.1 Å². The maximum atomic E-state index is 11.3. The van der Waals surface area contributed by atoms with Gasteiger partial charge in [-0.05, 0) is 12.1 Å². The minimum absolute atomic E-state index is 0.185. The van der Waals surface area contributed by atoms with Gasteiger partial charge in [-0.2, -0.15) is 0 Å². The van der Waals surface area contributed by atoms with E-state index in [-0.39, 0.29) is 12.2 Å². The van der Waals surface area contributed by atoms with Gasteiger partial charge in [-0.15, -0.1) is 0 Å². The molecule has 2 N–H and O–H groups in total. The molecule has 0 saturated carbocycles. The summed E-state index contributed by atoms with van der Waals surface area (Å²) < 4.78 is 6.68. The van der Waals surface area contributed by atoms with Crippen molar-refractivity contribution in [1.82, 2.24) is 4.68 Å². The van der Waals surface area contributed by atoms with Gasteiger partial charge in [0.2, 0.25) is 0 Å². The molecular formula is C8H11N3O2. The number of nitrogens with zero attached hydrogens (tertiary/aromatic N) is 2. The fourth-order valence-electron chi connectivity index (χ4n) is 1.31. The van der Waals surface area contributed by atoms with Gasteiger partial charge in [0.1, 0.15) is 6.10 Å². The summed E-state index contributed by atoms with van der Waals surface area (Å²) in [5, 5.41) is 1.51. The average molecular weight is 181 g/mol. The number of carbonyl (C=O) groups is 1. The largest absolute Gasteiger partial charge is 0.442 e. The molecule has 1 saturated heterocycles. The molecule has 2 rings (SSSR count). The molecule has 1 amide bonds. The van der Waals surface area contributed by atoms with Gasteiger partial charge in [0, 0.05) is 18.9 Å². The Morgan fingerprint density at radius 3 is 2.77 bits per heavy atom. The molecule has 0 aromatic carbocycles. The van der Waals surface area contributed by atoms with E-state index in [0.717, 1.165) is 0 Å². The quantitative estimate of drug-likeness (QED) is 0.693. The summed E-state index contributed by atoms with van der Waals surface area (Å²) in [4.78, 5) is 11.3. The van der Waals surface area contributed by atoms with Crippen LogP contribution in [0.4, 0.5) is 4.79 Å². The topological polar surface area (TPSA) is 60.5 Å². The van der Waals surface area contributed by atoms with Crippen LogP contribution in [0.15, 0.2) is 24.5 Å². The molecule has 0 radical (unpaired) electrons. The monoisotopic (exact) mass is 181 g/mol. The highest BCUT2D eigenvalue weighted by molar-refractivity contribution is 5.80. The van der Waals surface area contributed by atoms with E-state index < -0.39 is 0 Å². The Kier molecular flexibility index (Phi) is 1.94. The van der Waals surface area contributed by atoms with Gasteiger partial charge in [0.05, 0.1) is 6.54 Å². The second-order valence-electron chi connectivity index (χ2n) is 2.89. The molecule has 1 aliphatic heterocycles. The summed E-state index contributed by atoms with van der Waals surface area (Å²) in [5.41, 5.74) is 5.40. The van der Waals surface area contributed by atoms with E-state index in [0.29, 0.717) is 13.1 Å². The van der Waals surface area contributed by atoms with Crippen LogP contribution in [0, 0.1) is 0 Å². The van der Waals surface area contributed by atoms with Crippen molar-refractivity contribution in [2.75, 3.05) is 18.1 Å². The van der Waals surface area contributed by atoms with Crippen molar-refractivity contribution >= 4 is 6.09 Å². The first-order valence-corrected chi connectivity index (χ1v) is 4.12. The van der Waals surface area contributed by atoms with E-state index in [1.165, 1.54) is 5.01 Å². The molecule has 0 unspecified atom stereocenters. The highest BCUT2D eigenvalue weighted by Gasteiger charge is 2.30. The normalized spacial score (nSPS) is 22.1. The lowest BCUT2D eigenvalue weighted by atomic mass is 10.4. The van der Waals surface area contributed by atoms with Crippen LogP contribution in [0.3, 0.4) is 0 Å². The molecule has 5 nitrogen and oxygen atoms in total. The molecule has 70 valence electrons. The van der Waals surface area contributed by atoms with Crippen molar-refractivity contribution in [2.45, 2.75) is 6.10 Å². The van der Waals surface area contributed by atoms with E-state index in [2.05, 4.69) is 0 Å². The molecule has 2 heterocycles. The Bertz CT molecular complexity index is 296. The molecule has 1 atom stereocenters. The highest BCUT2D eigenvalue weighted by atomic mass is 16.6.